The van der Waals surface area contributed by atoms with E-state index in [0.29, 0.717) is 6.42 Å². The average molecular weight is 331 g/mol. The molecule has 0 saturated carbocycles. The Labute approximate surface area is 142 Å². The molecule has 1 saturated heterocycles. The number of nitrogens with one attached hydrogen (secondary N) is 1. The van der Waals surface area contributed by atoms with Crippen LogP contribution in [-0.2, 0) is 20.8 Å². The molecule has 0 aromatic heterocycles. The van der Waals surface area contributed by atoms with E-state index in [0.717, 1.165) is 31.5 Å². The number of benzene rings is 1. The minimum absolute atomic E-state index is 0.0461. The lowest BCUT2D eigenvalue weighted by Crippen LogP contribution is -2.51. The zero-order valence-corrected chi connectivity index (χ0v) is 14.3. The summed E-state index contributed by atoms with van der Waals surface area (Å²) < 4.78 is 0. The van der Waals surface area contributed by atoms with Gasteiger partial charge in [-0.05, 0) is 18.4 Å². The van der Waals surface area contributed by atoms with Crippen LogP contribution in [0.3, 0.4) is 0 Å². The van der Waals surface area contributed by atoms with Crippen molar-refractivity contribution in [1.82, 2.24) is 15.1 Å². The fourth-order valence-electron chi connectivity index (χ4n) is 2.77. The minimum atomic E-state index is -0.599. The van der Waals surface area contributed by atoms with Crippen molar-refractivity contribution in [1.29, 1.82) is 0 Å². The molecule has 1 heterocycles. The Kier molecular flexibility index (Phi) is 6.35. The summed E-state index contributed by atoms with van der Waals surface area (Å²) >= 11 is 0. The van der Waals surface area contributed by atoms with Crippen LogP contribution in [0.15, 0.2) is 30.3 Å². The SMILES string of the molecule is CC(=O)N(C)CC(=O)NC(Cc1ccccc1)C(=O)N1CCCC1. The van der Waals surface area contributed by atoms with E-state index in [1.54, 1.807) is 7.05 Å². The van der Waals surface area contributed by atoms with Crippen LogP contribution in [0.1, 0.15) is 25.3 Å². The molecule has 2 rings (SSSR count). The highest BCUT2D eigenvalue weighted by molar-refractivity contribution is 5.90. The van der Waals surface area contributed by atoms with Crippen LogP contribution in [0, 0.1) is 0 Å². The normalized spacial score (nSPS) is 15.0. The van der Waals surface area contributed by atoms with Gasteiger partial charge < -0.3 is 15.1 Å². The number of likely N-dealkylation sites (tertiary alicyclic amines) is 1. The third-order valence-electron chi connectivity index (χ3n) is 4.25. The second kappa shape index (κ2) is 8.47. The summed E-state index contributed by atoms with van der Waals surface area (Å²) in [4.78, 5) is 39.3. The Morgan fingerprint density at radius 1 is 1.17 bits per heavy atom. The molecule has 24 heavy (non-hydrogen) atoms. The fraction of sp³-hybridized carbons (Fsp3) is 0.500. The Balaban J connectivity index is 2.05. The van der Waals surface area contributed by atoms with Crippen LogP contribution >= 0.6 is 0 Å². The molecule has 1 aromatic carbocycles. The van der Waals surface area contributed by atoms with Gasteiger partial charge in [-0.1, -0.05) is 30.3 Å². The van der Waals surface area contributed by atoms with Crippen LogP contribution in [0.4, 0.5) is 0 Å². The molecule has 1 aliphatic rings. The molecule has 1 aromatic rings. The molecule has 6 heteroatoms. The van der Waals surface area contributed by atoms with Gasteiger partial charge in [0.05, 0.1) is 6.54 Å². The first-order chi connectivity index (χ1) is 11.5. The van der Waals surface area contributed by atoms with Gasteiger partial charge in [0.25, 0.3) is 0 Å². The van der Waals surface area contributed by atoms with E-state index in [1.165, 1.54) is 11.8 Å². The lowest BCUT2D eigenvalue weighted by Gasteiger charge is -2.25. The van der Waals surface area contributed by atoms with E-state index in [-0.39, 0.29) is 24.3 Å². The van der Waals surface area contributed by atoms with E-state index < -0.39 is 6.04 Å². The van der Waals surface area contributed by atoms with Gasteiger partial charge in [-0.15, -0.1) is 0 Å². The Bertz CT molecular complexity index is 582. The Morgan fingerprint density at radius 3 is 2.38 bits per heavy atom. The molecule has 1 aliphatic heterocycles. The average Bonchev–Trinajstić information content (AvgIpc) is 3.08. The van der Waals surface area contributed by atoms with Crippen molar-refractivity contribution < 1.29 is 14.4 Å². The Morgan fingerprint density at radius 2 is 1.79 bits per heavy atom. The smallest absolute Gasteiger partial charge is 0.245 e. The molecule has 130 valence electrons. The van der Waals surface area contributed by atoms with Gasteiger partial charge >= 0.3 is 0 Å². The van der Waals surface area contributed by atoms with Gasteiger partial charge in [0, 0.05) is 33.5 Å². The zero-order chi connectivity index (χ0) is 17.5. The minimum Gasteiger partial charge on any atom is -0.342 e. The molecule has 0 aliphatic carbocycles. The number of carbonyl (C=O) groups is 3. The topological polar surface area (TPSA) is 69.7 Å². The summed E-state index contributed by atoms with van der Waals surface area (Å²) in [5.41, 5.74) is 0.996. The lowest BCUT2D eigenvalue weighted by molar-refractivity contribution is -0.137. The molecule has 6 nitrogen and oxygen atoms in total. The predicted molar refractivity (Wildman–Crippen MR) is 91.2 cm³/mol. The van der Waals surface area contributed by atoms with E-state index >= 15 is 0 Å². The standard InChI is InChI=1S/C18H25N3O3/c1-14(22)20(2)13-17(23)19-16(12-15-8-4-3-5-9-15)18(24)21-10-6-7-11-21/h3-5,8-9,16H,6-7,10-13H2,1-2H3,(H,19,23). The highest BCUT2D eigenvalue weighted by Gasteiger charge is 2.28. The highest BCUT2D eigenvalue weighted by atomic mass is 16.2. The number of hydrogen-bond acceptors (Lipinski definition) is 3. The lowest BCUT2D eigenvalue weighted by atomic mass is 10.0. The number of amides is 3. The summed E-state index contributed by atoms with van der Waals surface area (Å²) in [5.74, 6) is -0.549. The predicted octanol–water partition coefficient (Wildman–Crippen LogP) is 0.815. The van der Waals surface area contributed by atoms with Crippen LogP contribution in [-0.4, -0.2) is 60.2 Å². The van der Waals surface area contributed by atoms with E-state index in [4.69, 9.17) is 0 Å². The number of hydrogen-bond donors (Lipinski definition) is 1. The van der Waals surface area contributed by atoms with Crippen LogP contribution in [0.25, 0.3) is 0 Å². The van der Waals surface area contributed by atoms with E-state index in [1.807, 2.05) is 35.2 Å². The van der Waals surface area contributed by atoms with Crippen LogP contribution in [0.5, 0.6) is 0 Å². The first kappa shape index (κ1) is 18.0. The summed E-state index contributed by atoms with van der Waals surface area (Å²) in [6, 6.07) is 9.03. The zero-order valence-electron chi connectivity index (χ0n) is 14.3. The van der Waals surface area contributed by atoms with Crippen molar-refractivity contribution in [2.75, 3.05) is 26.7 Å². The maximum atomic E-state index is 12.7. The first-order valence-electron chi connectivity index (χ1n) is 8.31. The molecule has 0 bridgehead atoms. The van der Waals surface area contributed by atoms with Crippen molar-refractivity contribution in [3.63, 3.8) is 0 Å². The van der Waals surface area contributed by atoms with Gasteiger partial charge in [-0.3, -0.25) is 14.4 Å². The van der Waals surface area contributed by atoms with Crippen molar-refractivity contribution in [3.05, 3.63) is 35.9 Å². The van der Waals surface area contributed by atoms with Gasteiger partial charge in [-0.2, -0.15) is 0 Å². The molecule has 1 atom stereocenters. The second-order valence-corrected chi connectivity index (χ2v) is 6.22. The van der Waals surface area contributed by atoms with Gasteiger partial charge in [-0.25, -0.2) is 0 Å². The second-order valence-electron chi connectivity index (χ2n) is 6.22. The molecule has 0 spiro atoms. The molecule has 1 N–H and O–H groups in total. The molecular formula is C18H25N3O3. The maximum Gasteiger partial charge on any atom is 0.245 e. The van der Waals surface area contributed by atoms with E-state index in [9.17, 15) is 14.4 Å². The van der Waals surface area contributed by atoms with Crippen LogP contribution in [0.2, 0.25) is 0 Å². The summed E-state index contributed by atoms with van der Waals surface area (Å²) in [6.45, 7) is 2.85. The third-order valence-corrected chi connectivity index (χ3v) is 4.25. The first-order valence-corrected chi connectivity index (χ1v) is 8.31. The molecule has 1 unspecified atom stereocenters. The number of carbonyl (C=O) groups excluding carboxylic acids is 3. The molecular weight excluding hydrogens is 306 g/mol. The van der Waals surface area contributed by atoms with Gasteiger partial charge in [0.15, 0.2) is 0 Å². The van der Waals surface area contributed by atoms with Crippen molar-refractivity contribution in [3.8, 4) is 0 Å². The van der Waals surface area contributed by atoms with Crippen molar-refractivity contribution >= 4 is 17.7 Å². The summed E-state index contributed by atoms with van der Waals surface area (Å²) in [6.07, 6.45) is 2.46. The fourth-order valence-corrected chi connectivity index (χ4v) is 2.77. The number of nitrogens with zero attached hydrogens (tertiary/aromatic N) is 2. The third kappa shape index (κ3) is 5.08. The van der Waals surface area contributed by atoms with E-state index in [2.05, 4.69) is 5.32 Å². The summed E-state index contributed by atoms with van der Waals surface area (Å²) in [5, 5.41) is 2.80. The quantitative estimate of drug-likeness (QED) is 0.839. The Hall–Kier alpha value is -2.37. The largest absolute Gasteiger partial charge is 0.342 e. The van der Waals surface area contributed by atoms with Crippen molar-refractivity contribution in [2.24, 2.45) is 0 Å². The maximum absolute atomic E-state index is 12.7. The molecule has 3 amide bonds. The van der Waals surface area contributed by atoms with Gasteiger partial charge in [0.2, 0.25) is 17.7 Å². The van der Waals surface area contributed by atoms with Crippen molar-refractivity contribution in [2.45, 2.75) is 32.2 Å². The summed E-state index contributed by atoms with van der Waals surface area (Å²) in [7, 11) is 1.57. The monoisotopic (exact) mass is 331 g/mol. The number of rotatable bonds is 6. The molecule has 1 fully saturated rings. The number of likely N-dealkylation sites (N-methyl/N-ethyl adjacent to an activating group) is 1. The van der Waals surface area contributed by atoms with Crippen LogP contribution < -0.4 is 5.32 Å². The highest BCUT2D eigenvalue weighted by Crippen LogP contribution is 2.12. The van der Waals surface area contributed by atoms with Gasteiger partial charge in [0.1, 0.15) is 6.04 Å². The molecule has 0 radical (unpaired) electrons.